The third kappa shape index (κ3) is 4.16. The van der Waals surface area contributed by atoms with Crippen molar-refractivity contribution >= 4 is 11.9 Å². The van der Waals surface area contributed by atoms with E-state index in [1.54, 1.807) is 19.9 Å². The van der Waals surface area contributed by atoms with E-state index in [0.29, 0.717) is 5.56 Å². The van der Waals surface area contributed by atoms with Gasteiger partial charge in [-0.15, -0.1) is 0 Å². The van der Waals surface area contributed by atoms with E-state index in [0.717, 1.165) is 0 Å². The van der Waals surface area contributed by atoms with Gasteiger partial charge in [0.15, 0.2) is 0 Å². The molecular weight excluding hydrogens is 210 g/mol. The van der Waals surface area contributed by atoms with Crippen molar-refractivity contribution in [1.29, 1.82) is 0 Å². The highest BCUT2D eigenvalue weighted by molar-refractivity contribution is 5.93. The number of nitrogens with one attached hydrogen (secondary N) is 1. The molecule has 1 rings (SSSR count). The molecule has 0 radical (unpaired) electrons. The minimum atomic E-state index is -0.317. The van der Waals surface area contributed by atoms with Crippen LogP contribution in [0.4, 0.5) is 0 Å². The molecule has 0 aliphatic carbocycles. The first-order valence-electron chi connectivity index (χ1n) is 5.09. The van der Waals surface area contributed by atoms with Crippen molar-refractivity contribution in [2.45, 2.75) is 26.4 Å². The second kappa shape index (κ2) is 5.95. The van der Waals surface area contributed by atoms with Crippen LogP contribution in [0, 0.1) is 0 Å². The third-order valence-electron chi connectivity index (χ3n) is 1.77. The molecule has 0 bridgehead atoms. The standard InChI is InChI=1S/C11H15NO4/c1-8(2)16-10(13)3-5-12-11(14)9-4-6-15-7-9/h4,6-8H,3,5H2,1-2H3,(H,12,14). The van der Waals surface area contributed by atoms with Crippen LogP contribution in [0.1, 0.15) is 30.6 Å². The second-order valence-electron chi connectivity index (χ2n) is 3.56. The average molecular weight is 225 g/mol. The van der Waals surface area contributed by atoms with E-state index in [1.807, 2.05) is 0 Å². The summed E-state index contributed by atoms with van der Waals surface area (Å²) in [6.45, 7) is 3.82. The van der Waals surface area contributed by atoms with Gasteiger partial charge in [0.25, 0.3) is 5.91 Å². The number of carbonyl (C=O) groups excluding carboxylic acids is 2. The number of carbonyl (C=O) groups is 2. The van der Waals surface area contributed by atoms with Crippen LogP contribution in [-0.2, 0) is 9.53 Å². The Hall–Kier alpha value is -1.78. The van der Waals surface area contributed by atoms with Gasteiger partial charge in [0.2, 0.25) is 0 Å². The monoisotopic (exact) mass is 225 g/mol. The summed E-state index contributed by atoms with van der Waals surface area (Å²) in [5, 5.41) is 2.59. The lowest BCUT2D eigenvalue weighted by atomic mass is 10.3. The van der Waals surface area contributed by atoms with E-state index >= 15 is 0 Å². The van der Waals surface area contributed by atoms with Crippen LogP contribution in [0.2, 0.25) is 0 Å². The zero-order chi connectivity index (χ0) is 12.0. The number of hydrogen-bond donors (Lipinski definition) is 1. The van der Waals surface area contributed by atoms with Crippen molar-refractivity contribution in [1.82, 2.24) is 5.32 Å². The number of hydrogen-bond acceptors (Lipinski definition) is 4. The molecule has 0 atom stereocenters. The number of rotatable bonds is 5. The molecule has 0 aliphatic rings. The van der Waals surface area contributed by atoms with Gasteiger partial charge in [-0.1, -0.05) is 0 Å². The predicted molar refractivity (Wildman–Crippen MR) is 56.9 cm³/mol. The molecule has 0 aliphatic heterocycles. The van der Waals surface area contributed by atoms with E-state index in [1.165, 1.54) is 12.5 Å². The maximum atomic E-state index is 11.4. The lowest BCUT2D eigenvalue weighted by molar-refractivity contribution is -0.147. The second-order valence-corrected chi connectivity index (χ2v) is 3.56. The topological polar surface area (TPSA) is 68.5 Å². The summed E-state index contributed by atoms with van der Waals surface area (Å²) in [6.07, 6.45) is 2.81. The van der Waals surface area contributed by atoms with Crippen LogP contribution in [0.25, 0.3) is 0 Å². The minimum absolute atomic E-state index is 0.128. The van der Waals surface area contributed by atoms with Gasteiger partial charge < -0.3 is 14.5 Å². The van der Waals surface area contributed by atoms with Crippen LogP contribution in [-0.4, -0.2) is 24.5 Å². The van der Waals surface area contributed by atoms with E-state index < -0.39 is 0 Å². The summed E-state index contributed by atoms with van der Waals surface area (Å²) in [7, 11) is 0. The Morgan fingerprint density at radius 2 is 2.25 bits per heavy atom. The van der Waals surface area contributed by atoms with E-state index in [2.05, 4.69) is 5.32 Å². The van der Waals surface area contributed by atoms with Gasteiger partial charge >= 0.3 is 5.97 Å². The highest BCUT2D eigenvalue weighted by Crippen LogP contribution is 1.99. The molecule has 0 spiro atoms. The summed E-state index contributed by atoms with van der Waals surface area (Å²) in [6, 6.07) is 1.56. The Kier molecular flexibility index (Phi) is 4.57. The molecule has 0 aromatic carbocycles. The number of furan rings is 1. The molecule has 0 saturated heterocycles. The summed E-state index contributed by atoms with van der Waals surface area (Å²) >= 11 is 0. The molecule has 0 fully saturated rings. The lowest BCUT2D eigenvalue weighted by Crippen LogP contribution is -2.26. The first-order valence-corrected chi connectivity index (χ1v) is 5.09. The van der Waals surface area contributed by atoms with Gasteiger partial charge in [-0.05, 0) is 19.9 Å². The number of amides is 1. The molecular formula is C11H15NO4. The summed E-state index contributed by atoms with van der Waals surface area (Å²) < 4.78 is 9.68. The van der Waals surface area contributed by atoms with Crippen molar-refractivity contribution in [2.24, 2.45) is 0 Å². The first-order chi connectivity index (χ1) is 7.59. The SMILES string of the molecule is CC(C)OC(=O)CCNC(=O)c1ccoc1. The number of ether oxygens (including phenoxy) is 1. The average Bonchev–Trinajstić information content (AvgIpc) is 2.68. The highest BCUT2D eigenvalue weighted by Gasteiger charge is 2.08. The Balaban J connectivity index is 2.21. The molecule has 5 nitrogen and oxygen atoms in total. The van der Waals surface area contributed by atoms with Crippen molar-refractivity contribution < 1.29 is 18.7 Å². The van der Waals surface area contributed by atoms with Crippen LogP contribution in [0.5, 0.6) is 0 Å². The largest absolute Gasteiger partial charge is 0.472 e. The van der Waals surface area contributed by atoms with Gasteiger partial charge in [0.05, 0.1) is 24.4 Å². The molecule has 16 heavy (non-hydrogen) atoms. The Labute approximate surface area is 93.8 Å². The summed E-state index contributed by atoms with van der Waals surface area (Å²) in [4.78, 5) is 22.5. The van der Waals surface area contributed by atoms with E-state index in [4.69, 9.17) is 9.15 Å². The smallest absolute Gasteiger partial charge is 0.307 e. The summed E-state index contributed by atoms with van der Waals surface area (Å²) in [5.41, 5.74) is 0.442. The molecule has 88 valence electrons. The van der Waals surface area contributed by atoms with Crippen LogP contribution >= 0.6 is 0 Å². The quantitative estimate of drug-likeness (QED) is 0.768. The molecule has 0 saturated carbocycles. The molecule has 1 amide bonds. The molecule has 5 heteroatoms. The van der Waals surface area contributed by atoms with Crippen LogP contribution in [0.15, 0.2) is 23.0 Å². The Morgan fingerprint density at radius 1 is 1.50 bits per heavy atom. The van der Waals surface area contributed by atoms with Gasteiger partial charge in [-0.2, -0.15) is 0 Å². The van der Waals surface area contributed by atoms with Crippen molar-refractivity contribution in [3.63, 3.8) is 0 Å². The normalized spacial score (nSPS) is 10.2. The zero-order valence-electron chi connectivity index (χ0n) is 9.36. The van der Waals surface area contributed by atoms with E-state index in [9.17, 15) is 9.59 Å². The number of esters is 1. The molecule has 1 aromatic heterocycles. The van der Waals surface area contributed by atoms with Crippen molar-refractivity contribution in [2.75, 3.05) is 6.54 Å². The maximum absolute atomic E-state index is 11.4. The van der Waals surface area contributed by atoms with E-state index in [-0.39, 0.29) is 30.9 Å². The van der Waals surface area contributed by atoms with Crippen molar-refractivity contribution in [3.05, 3.63) is 24.2 Å². The van der Waals surface area contributed by atoms with Gasteiger partial charge in [-0.25, -0.2) is 0 Å². The van der Waals surface area contributed by atoms with Gasteiger partial charge in [0.1, 0.15) is 6.26 Å². The first kappa shape index (κ1) is 12.3. The molecule has 1 heterocycles. The molecule has 1 aromatic rings. The molecule has 0 unspecified atom stereocenters. The lowest BCUT2D eigenvalue weighted by Gasteiger charge is -2.07. The summed E-state index contributed by atoms with van der Waals surface area (Å²) in [5.74, 6) is -0.575. The van der Waals surface area contributed by atoms with Crippen LogP contribution < -0.4 is 5.32 Å². The Morgan fingerprint density at radius 3 is 2.81 bits per heavy atom. The fourth-order valence-corrected chi connectivity index (χ4v) is 1.10. The third-order valence-corrected chi connectivity index (χ3v) is 1.77. The Bertz CT molecular complexity index is 343. The predicted octanol–water partition coefficient (Wildman–Crippen LogP) is 1.35. The maximum Gasteiger partial charge on any atom is 0.307 e. The van der Waals surface area contributed by atoms with Gasteiger partial charge in [-0.3, -0.25) is 9.59 Å². The fourth-order valence-electron chi connectivity index (χ4n) is 1.10. The van der Waals surface area contributed by atoms with Gasteiger partial charge in [0, 0.05) is 6.54 Å². The highest BCUT2D eigenvalue weighted by atomic mass is 16.5. The molecule has 1 N–H and O–H groups in total. The van der Waals surface area contributed by atoms with Crippen LogP contribution in [0.3, 0.4) is 0 Å². The minimum Gasteiger partial charge on any atom is -0.472 e. The zero-order valence-corrected chi connectivity index (χ0v) is 9.36. The van der Waals surface area contributed by atoms with Crippen molar-refractivity contribution in [3.8, 4) is 0 Å². The fraction of sp³-hybridized carbons (Fsp3) is 0.455.